The third-order valence-electron chi connectivity index (χ3n) is 5.21. The van der Waals surface area contributed by atoms with Gasteiger partial charge in [0.1, 0.15) is 18.0 Å². The molecule has 0 spiro atoms. The van der Waals surface area contributed by atoms with E-state index in [4.69, 9.17) is 4.74 Å². The molecule has 0 bridgehead atoms. The normalized spacial score (nSPS) is 11.0. The summed E-state index contributed by atoms with van der Waals surface area (Å²) in [6.07, 6.45) is 0. The molecule has 0 fully saturated rings. The van der Waals surface area contributed by atoms with Gasteiger partial charge in [-0.25, -0.2) is 9.67 Å². The Labute approximate surface area is 189 Å². The zero-order valence-corrected chi connectivity index (χ0v) is 19.5. The van der Waals surface area contributed by atoms with Crippen LogP contribution in [0.4, 0.5) is 5.69 Å². The average molecular weight is 449 g/mol. The van der Waals surface area contributed by atoms with E-state index in [2.05, 4.69) is 15.4 Å². The van der Waals surface area contributed by atoms with Crippen molar-refractivity contribution in [3.05, 3.63) is 68.4 Å². The Morgan fingerprint density at radius 2 is 1.75 bits per heavy atom. The van der Waals surface area contributed by atoms with Gasteiger partial charge < -0.3 is 10.1 Å². The number of benzene rings is 2. The number of carbonyl (C=O) groups excluding carboxylic acids is 1. The van der Waals surface area contributed by atoms with Gasteiger partial charge in [0.15, 0.2) is 5.52 Å². The fraction of sp³-hybridized carbons (Fsp3) is 0.250. The molecule has 0 saturated carbocycles. The van der Waals surface area contributed by atoms with E-state index >= 15 is 0 Å². The number of hydrogen-bond acceptors (Lipinski definition) is 6. The smallest absolute Gasteiger partial charge is 0.294 e. The molecule has 4 rings (SSSR count). The molecule has 0 aliphatic carbocycles. The summed E-state index contributed by atoms with van der Waals surface area (Å²) in [5, 5.41) is 8.25. The van der Waals surface area contributed by atoms with Crippen LogP contribution in [-0.2, 0) is 11.3 Å². The molecule has 164 valence electrons. The zero-order valence-electron chi connectivity index (χ0n) is 18.6. The summed E-state index contributed by atoms with van der Waals surface area (Å²) >= 11 is 1.41. The van der Waals surface area contributed by atoms with Crippen molar-refractivity contribution in [2.75, 3.05) is 12.4 Å². The van der Waals surface area contributed by atoms with Gasteiger partial charge in [0.05, 0.1) is 16.8 Å². The first-order chi connectivity index (χ1) is 15.3. The van der Waals surface area contributed by atoms with E-state index in [1.807, 2.05) is 64.1 Å². The first-order valence-corrected chi connectivity index (χ1v) is 11.0. The van der Waals surface area contributed by atoms with Gasteiger partial charge in [-0.05, 0) is 63.1 Å². The largest absolute Gasteiger partial charge is 0.497 e. The lowest BCUT2D eigenvalue weighted by molar-refractivity contribution is -0.117. The number of hydrogen-bond donors (Lipinski definition) is 1. The lowest BCUT2D eigenvalue weighted by atomic mass is 10.1. The highest BCUT2D eigenvalue weighted by molar-refractivity contribution is 7.19. The molecule has 2 aromatic heterocycles. The third-order valence-corrected chi connectivity index (χ3v) is 6.18. The second-order valence-corrected chi connectivity index (χ2v) is 8.98. The molecule has 4 aromatic rings. The van der Waals surface area contributed by atoms with Crippen LogP contribution >= 0.6 is 11.3 Å². The van der Waals surface area contributed by atoms with E-state index in [0.29, 0.717) is 15.9 Å². The topological polar surface area (TPSA) is 86.1 Å². The van der Waals surface area contributed by atoms with Crippen LogP contribution in [0, 0.1) is 27.7 Å². The maximum atomic E-state index is 13.0. The van der Waals surface area contributed by atoms with Gasteiger partial charge in [0.25, 0.3) is 5.56 Å². The van der Waals surface area contributed by atoms with E-state index in [1.54, 1.807) is 7.11 Å². The lowest BCUT2D eigenvalue weighted by Gasteiger charge is -2.14. The van der Waals surface area contributed by atoms with E-state index in [0.717, 1.165) is 38.7 Å². The van der Waals surface area contributed by atoms with Crippen LogP contribution < -0.4 is 15.6 Å². The predicted molar refractivity (Wildman–Crippen MR) is 128 cm³/mol. The molecule has 0 aliphatic rings. The third kappa shape index (κ3) is 4.13. The Balaban J connectivity index is 1.73. The molecule has 0 unspecified atom stereocenters. The molecule has 2 aromatic carbocycles. The standard InChI is InChI=1S/C24H24N4O3S/c1-13-10-14(2)20(15(3)11-13)26-19(29)12-28-24(30)22-23(32-16(4)25-22)21(27-28)17-6-8-18(31-5)9-7-17/h6-11H,12H2,1-5H3,(H,26,29). The summed E-state index contributed by atoms with van der Waals surface area (Å²) < 4.78 is 7.13. The molecule has 7 nitrogen and oxygen atoms in total. The first kappa shape index (κ1) is 21.7. The first-order valence-electron chi connectivity index (χ1n) is 10.2. The van der Waals surface area contributed by atoms with Crippen LogP contribution in [0.15, 0.2) is 41.2 Å². The second kappa shape index (κ2) is 8.55. The van der Waals surface area contributed by atoms with Gasteiger partial charge in [0.2, 0.25) is 5.91 Å². The Morgan fingerprint density at radius 1 is 1.09 bits per heavy atom. The number of amides is 1. The van der Waals surface area contributed by atoms with Crippen molar-refractivity contribution in [3.63, 3.8) is 0 Å². The fourth-order valence-corrected chi connectivity index (χ4v) is 4.72. The number of ether oxygens (including phenoxy) is 1. The number of nitrogens with one attached hydrogen (secondary N) is 1. The minimum absolute atomic E-state index is 0.207. The second-order valence-electron chi connectivity index (χ2n) is 7.77. The van der Waals surface area contributed by atoms with Crippen molar-refractivity contribution < 1.29 is 9.53 Å². The van der Waals surface area contributed by atoms with E-state index in [9.17, 15) is 9.59 Å². The van der Waals surface area contributed by atoms with E-state index in [-0.39, 0.29) is 18.0 Å². The van der Waals surface area contributed by atoms with E-state index < -0.39 is 0 Å². The van der Waals surface area contributed by atoms with Gasteiger partial charge in [-0.15, -0.1) is 11.3 Å². The number of thiazole rings is 1. The Hall–Kier alpha value is -3.52. The molecule has 0 aliphatic heterocycles. The fourth-order valence-electron chi connectivity index (χ4n) is 3.80. The summed E-state index contributed by atoms with van der Waals surface area (Å²) in [5.41, 5.74) is 5.21. The molecule has 0 saturated heterocycles. The number of nitrogens with zero attached hydrogens (tertiary/aromatic N) is 3. The number of aromatic nitrogens is 3. The maximum Gasteiger partial charge on any atom is 0.294 e. The molecule has 1 N–H and O–H groups in total. The molecular formula is C24H24N4O3S. The highest BCUT2D eigenvalue weighted by Gasteiger charge is 2.18. The Kier molecular flexibility index (Phi) is 5.80. The van der Waals surface area contributed by atoms with Crippen LogP contribution in [0.2, 0.25) is 0 Å². The monoisotopic (exact) mass is 448 g/mol. The van der Waals surface area contributed by atoms with E-state index in [1.165, 1.54) is 16.0 Å². The Bertz CT molecular complexity index is 1360. The van der Waals surface area contributed by atoms with Crippen molar-refractivity contribution in [2.45, 2.75) is 34.2 Å². The quantitative estimate of drug-likeness (QED) is 0.489. The van der Waals surface area contributed by atoms with Crippen molar-refractivity contribution in [3.8, 4) is 17.0 Å². The SMILES string of the molecule is COc1ccc(-c2nn(CC(=O)Nc3c(C)cc(C)cc3C)c(=O)c3nc(C)sc23)cc1. The van der Waals surface area contributed by atoms with Crippen molar-refractivity contribution >= 4 is 33.1 Å². The summed E-state index contributed by atoms with van der Waals surface area (Å²) in [6.45, 7) is 7.56. The molecule has 32 heavy (non-hydrogen) atoms. The van der Waals surface area contributed by atoms with Crippen LogP contribution in [0.25, 0.3) is 21.5 Å². The zero-order chi connectivity index (χ0) is 23.0. The molecule has 8 heteroatoms. The number of aryl methyl sites for hydroxylation is 4. The molecule has 0 radical (unpaired) electrons. The number of carbonyl (C=O) groups is 1. The predicted octanol–water partition coefficient (Wildman–Crippen LogP) is 4.40. The van der Waals surface area contributed by atoms with Crippen molar-refractivity contribution in [2.24, 2.45) is 0 Å². The molecule has 0 atom stereocenters. The Morgan fingerprint density at radius 3 is 2.38 bits per heavy atom. The van der Waals surface area contributed by atoms with Crippen LogP contribution in [-0.4, -0.2) is 27.8 Å². The summed E-state index contributed by atoms with van der Waals surface area (Å²) in [4.78, 5) is 30.3. The van der Waals surface area contributed by atoms with Gasteiger partial charge in [-0.1, -0.05) is 17.7 Å². The maximum absolute atomic E-state index is 13.0. The van der Waals surface area contributed by atoms with Crippen LogP contribution in [0.1, 0.15) is 21.7 Å². The van der Waals surface area contributed by atoms with Crippen molar-refractivity contribution in [1.82, 2.24) is 14.8 Å². The molecule has 2 heterocycles. The van der Waals surface area contributed by atoms with Crippen LogP contribution in [0.5, 0.6) is 5.75 Å². The van der Waals surface area contributed by atoms with Gasteiger partial charge in [0, 0.05) is 11.3 Å². The lowest BCUT2D eigenvalue weighted by Crippen LogP contribution is -2.30. The van der Waals surface area contributed by atoms with Gasteiger partial charge in [-0.2, -0.15) is 5.10 Å². The van der Waals surface area contributed by atoms with Gasteiger partial charge in [-0.3, -0.25) is 9.59 Å². The number of rotatable bonds is 5. The highest BCUT2D eigenvalue weighted by atomic mass is 32.1. The van der Waals surface area contributed by atoms with Crippen LogP contribution in [0.3, 0.4) is 0 Å². The number of fused-ring (bicyclic) bond motifs is 1. The minimum atomic E-state index is -0.380. The molecule has 1 amide bonds. The summed E-state index contributed by atoms with van der Waals surface area (Å²) in [5.74, 6) is 0.406. The average Bonchev–Trinajstić information content (AvgIpc) is 3.15. The van der Waals surface area contributed by atoms with Gasteiger partial charge >= 0.3 is 0 Å². The summed E-state index contributed by atoms with van der Waals surface area (Å²) in [6, 6.07) is 11.5. The number of anilines is 1. The summed E-state index contributed by atoms with van der Waals surface area (Å²) in [7, 11) is 1.61. The highest BCUT2D eigenvalue weighted by Crippen LogP contribution is 2.30. The minimum Gasteiger partial charge on any atom is -0.497 e. The van der Waals surface area contributed by atoms with Crippen molar-refractivity contribution in [1.29, 1.82) is 0 Å². The molecular weight excluding hydrogens is 424 g/mol. The number of methoxy groups -OCH3 is 1.